The second-order valence-electron chi connectivity index (χ2n) is 7.10. The van der Waals surface area contributed by atoms with Crippen LogP contribution in [0.3, 0.4) is 0 Å². The molecule has 0 unspecified atom stereocenters. The number of hydrogen-bond acceptors (Lipinski definition) is 6. The van der Waals surface area contributed by atoms with Crippen molar-refractivity contribution in [3.05, 3.63) is 38.4 Å². The van der Waals surface area contributed by atoms with Crippen molar-refractivity contribution >= 4 is 39.6 Å². The summed E-state index contributed by atoms with van der Waals surface area (Å²) in [6.45, 7) is 1.28. The second kappa shape index (κ2) is 8.12. The van der Waals surface area contributed by atoms with Crippen LogP contribution in [0.1, 0.15) is 57.4 Å². The summed E-state index contributed by atoms with van der Waals surface area (Å²) in [4.78, 5) is 29.9. The summed E-state index contributed by atoms with van der Waals surface area (Å²) in [6.07, 6.45) is 6.28. The Morgan fingerprint density at radius 2 is 2.15 bits per heavy atom. The van der Waals surface area contributed by atoms with E-state index in [2.05, 4.69) is 27.7 Å². The van der Waals surface area contributed by atoms with E-state index in [-0.39, 0.29) is 11.9 Å². The lowest BCUT2D eigenvalue weighted by Crippen LogP contribution is -2.32. The molecule has 2 aromatic heterocycles. The van der Waals surface area contributed by atoms with E-state index in [1.165, 1.54) is 16.9 Å². The highest BCUT2D eigenvalue weighted by atomic mass is 32.1. The predicted octanol–water partition coefficient (Wildman–Crippen LogP) is 4.25. The van der Waals surface area contributed by atoms with Crippen LogP contribution in [0.2, 0.25) is 0 Å². The van der Waals surface area contributed by atoms with E-state index in [9.17, 15) is 9.59 Å². The number of methoxy groups -OCH3 is 1. The number of esters is 1. The molecule has 144 valence electrons. The first-order valence-electron chi connectivity index (χ1n) is 9.47. The number of aryl methyl sites for hydroxylation is 1. The molecule has 0 saturated carbocycles. The molecule has 5 nitrogen and oxygen atoms in total. The predicted molar refractivity (Wildman–Crippen MR) is 109 cm³/mol. The molecule has 1 aliphatic carbocycles. The fraction of sp³-hybridized carbons (Fsp3) is 0.500. The van der Waals surface area contributed by atoms with Gasteiger partial charge in [-0.1, -0.05) is 6.07 Å². The number of anilines is 1. The van der Waals surface area contributed by atoms with Crippen LogP contribution in [0.5, 0.6) is 0 Å². The van der Waals surface area contributed by atoms with Crippen molar-refractivity contribution in [2.75, 3.05) is 25.5 Å². The van der Waals surface area contributed by atoms with Crippen molar-refractivity contribution in [1.82, 2.24) is 4.90 Å². The second-order valence-corrected chi connectivity index (χ2v) is 9.18. The summed E-state index contributed by atoms with van der Waals surface area (Å²) >= 11 is 3.29. The van der Waals surface area contributed by atoms with E-state index in [0.717, 1.165) is 50.6 Å². The SMILES string of the molecule is COC(=O)c1c(NC(=O)CN2CCC[C@@H]2c2cccs2)sc2c1CCCC2. The maximum Gasteiger partial charge on any atom is 0.341 e. The van der Waals surface area contributed by atoms with Crippen molar-refractivity contribution in [3.8, 4) is 0 Å². The van der Waals surface area contributed by atoms with Gasteiger partial charge in [0.15, 0.2) is 0 Å². The standard InChI is InChI=1S/C20H24N2O3S2/c1-25-20(24)18-13-6-2-3-8-15(13)27-19(18)21-17(23)12-22-10-4-7-14(22)16-9-5-11-26-16/h5,9,11,14H,2-4,6-8,10,12H2,1H3,(H,21,23)/t14-/m1/s1. The normalized spacial score (nSPS) is 19.7. The number of fused-ring (bicyclic) bond motifs is 1. The monoisotopic (exact) mass is 404 g/mol. The number of hydrogen-bond donors (Lipinski definition) is 1. The van der Waals surface area contributed by atoms with Gasteiger partial charge in [-0.15, -0.1) is 22.7 Å². The number of nitrogens with one attached hydrogen (secondary N) is 1. The minimum absolute atomic E-state index is 0.0535. The van der Waals surface area contributed by atoms with Crippen LogP contribution in [-0.2, 0) is 22.4 Å². The Morgan fingerprint density at radius 1 is 1.30 bits per heavy atom. The molecule has 1 atom stereocenters. The van der Waals surface area contributed by atoms with Crippen LogP contribution >= 0.6 is 22.7 Å². The molecule has 0 radical (unpaired) electrons. The molecule has 1 saturated heterocycles. The number of likely N-dealkylation sites (tertiary alicyclic amines) is 1. The van der Waals surface area contributed by atoms with Gasteiger partial charge in [-0.3, -0.25) is 9.69 Å². The van der Waals surface area contributed by atoms with Crippen molar-refractivity contribution in [2.24, 2.45) is 0 Å². The zero-order valence-corrected chi connectivity index (χ0v) is 17.1. The van der Waals surface area contributed by atoms with Gasteiger partial charge in [-0.2, -0.15) is 0 Å². The van der Waals surface area contributed by atoms with E-state index < -0.39 is 0 Å². The molecular weight excluding hydrogens is 380 g/mol. The van der Waals surface area contributed by atoms with Crippen LogP contribution in [-0.4, -0.2) is 37.0 Å². The van der Waals surface area contributed by atoms with Crippen LogP contribution in [0.25, 0.3) is 0 Å². The Bertz CT molecular complexity index is 829. The van der Waals surface area contributed by atoms with E-state index in [0.29, 0.717) is 23.2 Å². The molecule has 3 heterocycles. The fourth-order valence-electron chi connectivity index (χ4n) is 4.14. The number of nitrogens with zero attached hydrogens (tertiary/aromatic N) is 1. The first-order valence-corrected chi connectivity index (χ1v) is 11.2. The van der Waals surface area contributed by atoms with Gasteiger partial charge in [0.1, 0.15) is 5.00 Å². The van der Waals surface area contributed by atoms with Crippen LogP contribution < -0.4 is 5.32 Å². The molecule has 7 heteroatoms. The quantitative estimate of drug-likeness (QED) is 0.757. The first-order chi connectivity index (χ1) is 13.2. The molecule has 1 fully saturated rings. The summed E-state index contributed by atoms with van der Waals surface area (Å²) in [6, 6.07) is 4.54. The van der Waals surface area contributed by atoms with Gasteiger partial charge in [0.25, 0.3) is 0 Å². The molecule has 2 aromatic rings. The van der Waals surface area contributed by atoms with Crippen LogP contribution in [0.4, 0.5) is 5.00 Å². The third-order valence-electron chi connectivity index (χ3n) is 5.40. The highest BCUT2D eigenvalue weighted by Crippen LogP contribution is 2.39. The topological polar surface area (TPSA) is 58.6 Å². The highest BCUT2D eigenvalue weighted by Gasteiger charge is 2.30. The lowest BCUT2D eigenvalue weighted by atomic mass is 9.95. The van der Waals surface area contributed by atoms with Crippen molar-refractivity contribution in [3.63, 3.8) is 0 Å². The van der Waals surface area contributed by atoms with Crippen molar-refractivity contribution < 1.29 is 14.3 Å². The summed E-state index contributed by atoms with van der Waals surface area (Å²) in [7, 11) is 1.40. The smallest absolute Gasteiger partial charge is 0.341 e. The van der Waals surface area contributed by atoms with Gasteiger partial charge in [0.05, 0.1) is 19.2 Å². The molecule has 27 heavy (non-hydrogen) atoms. The molecule has 0 spiro atoms. The van der Waals surface area contributed by atoms with Gasteiger partial charge < -0.3 is 10.1 Å². The molecule has 1 aliphatic heterocycles. The first kappa shape index (κ1) is 18.7. The summed E-state index contributed by atoms with van der Waals surface area (Å²) in [5, 5.41) is 5.76. The highest BCUT2D eigenvalue weighted by molar-refractivity contribution is 7.17. The van der Waals surface area contributed by atoms with Crippen molar-refractivity contribution in [2.45, 2.75) is 44.6 Å². The number of carbonyl (C=O) groups is 2. The molecular formula is C20H24N2O3S2. The lowest BCUT2D eigenvalue weighted by Gasteiger charge is -2.22. The summed E-state index contributed by atoms with van der Waals surface area (Å²) in [5.41, 5.74) is 1.65. The number of amides is 1. The minimum atomic E-state index is -0.345. The van der Waals surface area contributed by atoms with Gasteiger partial charge in [0.2, 0.25) is 5.91 Å². The van der Waals surface area contributed by atoms with E-state index >= 15 is 0 Å². The zero-order chi connectivity index (χ0) is 18.8. The van der Waals surface area contributed by atoms with Gasteiger partial charge >= 0.3 is 5.97 Å². The molecule has 1 N–H and O–H groups in total. The number of carbonyl (C=O) groups excluding carboxylic acids is 2. The van der Waals surface area contributed by atoms with E-state index in [1.54, 1.807) is 22.7 Å². The number of thiophene rings is 2. The molecule has 1 amide bonds. The van der Waals surface area contributed by atoms with Gasteiger partial charge in [-0.25, -0.2) is 4.79 Å². The van der Waals surface area contributed by atoms with E-state index in [1.807, 2.05) is 0 Å². The zero-order valence-electron chi connectivity index (χ0n) is 15.5. The summed E-state index contributed by atoms with van der Waals surface area (Å²) in [5.74, 6) is -0.399. The Hall–Kier alpha value is -1.70. The lowest BCUT2D eigenvalue weighted by molar-refractivity contribution is -0.117. The van der Waals surface area contributed by atoms with Crippen LogP contribution in [0, 0.1) is 0 Å². The molecule has 0 aromatic carbocycles. The number of ether oxygens (including phenoxy) is 1. The molecule has 0 bridgehead atoms. The average Bonchev–Trinajstić information content (AvgIpc) is 3.40. The fourth-order valence-corrected chi connectivity index (χ4v) is 6.33. The van der Waals surface area contributed by atoms with Crippen molar-refractivity contribution in [1.29, 1.82) is 0 Å². The maximum absolute atomic E-state index is 12.8. The summed E-state index contributed by atoms with van der Waals surface area (Å²) < 4.78 is 4.99. The maximum atomic E-state index is 12.8. The average molecular weight is 405 g/mol. The number of rotatable bonds is 5. The molecule has 2 aliphatic rings. The third kappa shape index (κ3) is 3.81. The Balaban J connectivity index is 1.50. The van der Waals surface area contributed by atoms with Crippen LogP contribution in [0.15, 0.2) is 17.5 Å². The Labute approximate surface area is 167 Å². The minimum Gasteiger partial charge on any atom is -0.465 e. The largest absolute Gasteiger partial charge is 0.465 e. The van der Waals surface area contributed by atoms with Gasteiger partial charge in [0, 0.05) is 15.8 Å². The van der Waals surface area contributed by atoms with E-state index in [4.69, 9.17) is 4.74 Å². The third-order valence-corrected chi connectivity index (χ3v) is 7.58. The molecule has 4 rings (SSSR count). The Kier molecular flexibility index (Phi) is 5.61. The Morgan fingerprint density at radius 3 is 2.93 bits per heavy atom. The van der Waals surface area contributed by atoms with Gasteiger partial charge in [-0.05, 0) is 62.1 Å².